The molecule has 2 aliphatic rings. The van der Waals surface area contributed by atoms with Crippen molar-refractivity contribution in [3.8, 4) is 11.5 Å². The van der Waals surface area contributed by atoms with E-state index in [2.05, 4.69) is 74.4 Å². The third-order valence-electron chi connectivity index (χ3n) is 10.4. The van der Waals surface area contributed by atoms with Crippen LogP contribution in [0, 0.1) is 11.8 Å². The number of carbonyl (C=O) groups excluding carboxylic acids is 1. The molecule has 1 saturated carbocycles. The van der Waals surface area contributed by atoms with E-state index in [-0.39, 0.29) is 35.7 Å². The first-order chi connectivity index (χ1) is 19.4. The topological polar surface area (TPSA) is 63.2 Å². The molecule has 41 heavy (non-hydrogen) atoms. The fourth-order valence-corrected chi connectivity index (χ4v) is 16.6. The molecule has 232 valence electrons. The lowest BCUT2D eigenvalue weighted by Crippen LogP contribution is -2.59. The Morgan fingerprint density at radius 3 is 1.80 bits per heavy atom. The van der Waals surface area contributed by atoms with Crippen molar-refractivity contribution in [1.29, 1.82) is 0 Å². The SMILES string of the molecule is CC[Si](CC)(CC)O[C@@H]1[C@H]2C(OC)=CC(=O)[C@@H]1C[C@H](O[Si](C(C)C)(C(C)C)C(C)C)[C@H]2c1ccc(OC)c(OC)c1. The van der Waals surface area contributed by atoms with E-state index in [4.69, 9.17) is 23.1 Å². The predicted molar refractivity (Wildman–Crippen MR) is 172 cm³/mol. The van der Waals surface area contributed by atoms with Gasteiger partial charge >= 0.3 is 0 Å². The Bertz CT molecular complexity index is 1030. The van der Waals surface area contributed by atoms with E-state index in [0.717, 1.165) is 23.7 Å². The fraction of sp³-hybridized carbons (Fsp3) is 0.727. The summed E-state index contributed by atoms with van der Waals surface area (Å²) in [6.07, 6.45) is 2.00. The molecule has 0 spiro atoms. The number of fused-ring (bicyclic) bond motifs is 2. The van der Waals surface area contributed by atoms with E-state index >= 15 is 0 Å². The fourth-order valence-electron chi connectivity index (χ4n) is 8.09. The molecule has 0 aliphatic heterocycles. The minimum atomic E-state index is -2.28. The van der Waals surface area contributed by atoms with Gasteiger partial charge in [-0.25, -0.2) is 0 Å². The average Bonchev–Trinajstić information content (AvgIpc) is 2.95. The summed E-state index contributed by atoms with van der Waals surface area (Å²) in [5.41, 5.74) is 2.39. The van der Waals surface area contributed by atoms with Gasteiger partial charge in [0.25, 0.3) is 0 Å². The Morgan fingerprint density at radius 1 is 0.780 bits per heavy atom. The Labute approximate surface area is 251 Å². The quantitative estimate of drug-likeness (QED) is 0.198. The maximum absolute atomic E-state index is 13.8. The summed E-state index contributed by atoms with van der Waals surface area (Å²) in [4.78, 5) is 13.8. The number of benzene rings is 1. The molecular weight excluding hydrogens is 549 g/mol. The molecule has 6 nitrogen and oxygen atoms in total. The van der Waals surface area contributed by atoms with Crippen LogP contribution < -0.4 is 9.47 Å². The number of hydrogen-bond donors (Lipinski definition) is 0. The second-order valence-corrected chi connectivity index (χ2v) is 23.1. The molecule has 0 unspecified atom stereocenters. The van der Waals surface area contributed by atoms with E-state index in [0.29, 0.717) is 40.3 Å². The van der Waals surface area contributed by atoms with Crippen molar-refractivity contribution in [2.45, 2.75) is 122 Å². The Hall–Kier alpha value is -1.62. The van der Waals surface area contributed by atoms with E-state index in [1.54, 1.807) is 27.4 Å². The number of rotatable bonds is 14. The summed E-state index contributed by atoms with van der Waals surface area (Å²) >= 11 is 0. The predicted octanol–water partition coefficient (Wildman–Crippen LogP) is 8.49. The van der Waals surface area contributed by atoms with Crippen LogP contribution in [0.1, 0.15) is 80.2 Å². The van der Waals surface area contributed by atoms with Gasteiger partial charge in [0, 0.05) is 12.0 Å². The lowest BCUT2D eigenvalue weighted by atomic mass is 9.63. The molecule has 0 heterocycles. The lowest BCUT2D eigenvalue weighted by Gasteiger charge is -2.54. The van der Waals surface area contributed by atoms with Crippen LogP contribution in [0.4, 0.5) is 0 Å². The highest BCUT2D eigenvalue weighted by Gasteiger charge is 2.57. The van der Waals surface area contributed by atoms with Gasteiger partial charge in [0.2, 0.25) is 8.32 Å². The van der Waals surface area contributed by atoms with Gasteiger partial charge in [-0.2, -0.15) is 0 Å². The molecule has 8 heteroatoms. The van der Waals surface area contributed by atoms with Crippen molar-refractivity contribution < 1.29 is 27.9 Å². The highest BCUT2D eigenvalue weighted by atomic mass is 28.4. The molecule has 0 amide bonds. The maximum Gasteiger partial charge on any atom is 0.200 e. The molecular formula is C33H56O6Si2. The molecule has 1 aromatic rings. The maximum atomic E-state index is 13.8. The Kier molecular flexibility index (Phi) is 11.4. The number of carbonyl (C=O) groups is 1. The minimum absolute atomic E-state index is 0.0595. The van der Waals surface area contributed by atoms with Crippen LogP contribution in [-0.4, -0.2) is 56.0 Å². The summed E-state index contributed by atoms with van der Waals surface area (Å²) in [5, 5.41) is 0. The molecule has 2 bridgehead atoms. The van der Waals surface area contributed by atoms with E-state index < -0.39 is 16.6 Å². The van der Waals surface area contributed by atoms with Crippen molar-refractivity contribution >= 4 is 22.4 Å². The number of ketones is 1. The zero-order valence-electron chi connectivity index (χ0n) is 27.7. The van der Waals surface area contributed by atoms with Crippen LogP contribution in [0.15, 0.2) is 30.0 Å². The highest BCUT2D eigenvalue weighted by molar-refractivity contribution is 6.77. The summed E-state index contributed by atoms with van der Waals surface area (Å²) < 4.78 is 32.3. The molecule has 0 radical (unpaired) electrons. The Balaban J connectivity index is 2.28. The zero-order valence-corrected chi connectivity index (χ0v) is 29.7. The van der Waals surface area contributed by atoms with Crippen molar-refractivity contribution in [2.75, 3.05) is 21.3 Å². The standard InChI is InChI=1S/C33H56O6Si2/c1-13-40(14-2,15-3)39-33-25-19-30(38-41(21(4)5,22(6)7)23(8)9)31(32(33)29(37-12)20-26(25)34)24-16-17-27(35-10)28(18-24)36-11/h16-18,20-23,25,30-33H,13-15,19H2,1-12H3/t25-,30-,31+,32-,33-/m0/s1. The van der Waals surface area contributed by atoms with Gasteiger partial charge in [-0.15, -0.1) is 0 Å². The third kappa shape index (κ3) is 6.22. The van der Waals surface area contributed by atoms with Crippen molar-refractivity contribution in [3.05, 3.63) is 35.6 Å². The molecule has 1 fully saturated rings. The number of hydrogen-bond acceptors (Lipinski definition) is 6. The molecule has 0 aromatic heterocycles. The molecule has 0 saturated heterocycles. The largest absolute Gasteiger partial charge is 0.501 e. The van der Waals surface area contributed by atoms with Crippen LogP contribution in [0.5, 0.6) is 11.5 Å². The van der Waals surface area contributed by atoms with Crippen LogP contribution in [0.3, 0.4) is 0 Å². The second kappa shape index (κ2) is 13.8. The van der Waals surface area contributed by atoms with Gasteiger partial charge in [-0.1, -0.05) is 68.4 Å². The number of methoxy groups -OCH3 is 3. The van der Waals surface area contributed by atoms with Crippen LogP contribution >= 0.6 is 0 Å². The molecule has 1 aromatic carbocycles. The van der Waals surface area contributed by atoms with E-state index in [9.17, 15) is 4.79 Å². The Morgan fingerprint density at radius 2 is 1.34 bits per heavy atom. The first-order valence-corrected chi connectivity index (χ1v) is 20.4. The summed E-state index contributed by atoms with van der Waals surface area (Å²) in [6, 6.07) is 9.30. The van der Waals surface area contributed by atoms with E-state index in [1.807, 2.05) is 6.07 Å². The third-order valence-corrected chi connectivity index (χ3v) is 21.2. The molecule has 2 aliphatic carbocycles. The van der Waals surface area contributed by atoms with Crippen molar-refractivity contribution in [3.63, 3.8) is 0 Å². The minimum Gasteiger partial charge on any atom is -0.501 e. The monoisotopic (exact) mass is 604 g/mol. The van der Waals surface area contributed by atoms with Gasteiger partial charge in [-0.05, 0) is 58.9 Å². The van der Waals surface area contributed by atoms with Gasteiger partial charge in [0.1, 0.15) is 5.76 Å². The molecule has 5 atom stereocenters. The zero-order chi connectivity index (χ0) is 30.7. The first kappa shape index (κ1) is 33.9. The summed E-state index contributed by atoms with van der Waals surface area (Å²) in [6.45, 7) is 20.7. The molecule has 3 rings (SSSR count). The van der Waals surface area contributed by atoms with E-state index in [1.165, 1.54) is 0 Å². The number of ether oxygens (including phenoxy) is 3. The lowest BCUT2D eigenvalue weighted by molar-refractivity contribution is -0.131. The second-order valence-electron chi connectivity index (χ2n) is 13.0. The highest BCUT2D eigenvalue weighted by Crippen LogP contribution is 2.54. The normalized spacial score (nSPS) is 25.1. The van der Waals surface area contributed by atoms with Gasteiger partial charge in [-0.3, -0.25) is 4.79 Å². The van der Waals surface area contributed by atoms with Crippen LogP contribution in [0.25, 0.3) is 0 Å². The summed E-state index contributed by atoms with van der Waals surface area (Å²) in [7, 11) is 0.705. The smallest absolute Gasteiger partial charge is 0.200 e. The van der Waals surface area contributed by atoms with Crippen molar-refractivity contribution in [1.82, 2.24) is 0 Å². The average molecular weight is 605 g/mol. The number of allylic oxidation sites excluding steroid dienone is 1. The van der Waals surface area contributed by atoms with Gasteiger partial charge in [0.15, 0.2) is 25.6 Å². The van der Waals surface area contributed by atoms with Gasteiger partial charge in [0.05, 0.1) is 45.4 Å². The summed E-state index contributed by atoms with van der Waals surface area (Å²) in [5.74, 6) is 1.78. The van der Waals surface area contributed by atoms with Crippen molar-refractivity contribution in [2.24, 2.45) is 11.8 Å². The first-order valence-electron chi connectivity index (χ1n) is 15.8. The van der Waals surface area contributed by atoms with Crippen LogP contribution in [-0.2, 0) is 18.4 Å². The van der Waals surface area contributed by atoms with Crippen LogP contribution in [0.2, 0.25) is 34.8 Å². The molecule has 0 N–H and O–H groups in total. The van der Waals surface area contributed by atoms with Gasteiger partial charge < -0.3 is 23.1 Å².